The average molecular weight is 355 g/mol. The molecule has 0 bridgehead atoms. The summed E-state index contributed by atoms with van der Waals surface area (Å²) in [5.74, 6) is 1.49. The van der Waals surface area contributed by atoms with Crippen LogP contribution in [0.25, 0.3) is 0 Å². The molecule has 0 saturated heterocycles. The zero-order chi connectivity index (χ0) is 15.4. The van der Waals surface area contributed by atoms with Crippen LogP contribution >= 0.6 is 15.9 Å². The summed E-state index contributed by atoms with van der Waals surface area (Å²) < 4.78 is 1.09. The maximum atomic E-state index is 4.25. The van der Waals surface area contributed by atoms with Gasteiger partial charge in [-0.1, -0.05) is 34.1 Å². The second-order valence-corrected chi connectivity index (χ2v) is 5.72. The molecule has 0 saturated carbocycles. The van der Waals surface area contributed by atoms with Crippen molar-refractivity contribution in [2.45, 2.75) is 6.92 Å². The van der Waals surface area contributed by atoms with E-state index in [4.69, 9.17) is 0 Å². The van der Waals surface area contributed by atoms with Crippen molar-refractivity contribution in [3.05, 3.63) is 71.0 Å². The molecule has 0 radical (unpaired) electrons. The maximum Gasteiger partial charge on any atom is 0.135 e. The minimum atomic E-state index is 0.746. The molecule has 0 spiro atoms. The van der Waals surface area contributed by atoms with Crippen LogP contribution in [-0.2, 0) is 0 Å². The van der Waals surface area contributed by atoms with Crippen molar-refractivity contribution in [1.29, 1.82) is 0 Å². The van der Waals surface area contributed by atoms with Gasteiger partial charge in [-0.05, 0) is 42.8 Å². The minimum absolute atomic E-state index is 0.746. The van der Waals surface area contributed by atoms with Gasteiger partial charge in [0.15, 0.2) is 0 Å². The molecular weight excluding hydrogens is 340 g/mol. The fourth-order valence-corrected chi connectivity index (χ4v) is 2.28. The van der Waals surface area contributed by atoms with E-state index in [0.717, 1.165) is 27.5 Å². The predicted octanol–water partition coefficient (Wildman–Crippen LogP) is 5.03. The highest BCUT2D eigenvalue weighted by molar-refractivity contribution is 9.10. The molecule has 0 atom stereocenters. The first kappa shape index (κ1) is 14.5. The number of nitrogens with zero attached hydrogens (tertiary/aromatic N) is 2. The topological polar surface area (TPSA) is 49.8 Å². The number of halogens is 1. The van der Waals surface area contributed by atoms with Gasteiger partial charge in [0.25, 0.3) is 0 Å². The van der Waals surface area contributed by atoms with E-state index in [-0.39, 0.29) is 0 Å². The Morgan fingerprint density at radius 2 is 1.50 bits per heavy atom. The van der Waals surface area contributed by atoms with Gasteiger partial charge in [0.05, 0.1) is 0 Å². The van der Waals surface area contributed by atoms with Gasteiger partial charge in [-0.25, -0.2) is 9.97 Å². The molecule has 2 N–H and O–H groups in total. The first-order valence-electron chi connectivity index (χ1n) is 6.88. The van der Waals surface area contributed by atoms with Crippen molar-refractivity contribution in [2.75, 3.05) is 10.6 Å². The van der Waals surface area contributed by atoms with Crippen molar-refractivity contribution >= 4 is 38.9 Å². The first-order valence-corrected chi connectivity index (χ1v) is 7.67. The van der Waals surface area contributed by atoms with Crippen LogP contribution in [0.3, 0.4) is 0 Å². The van der Waals surface area contributed by atoms with Crippen molar-refractivity contribution in [2.24, 2.45) is 0 Å². The summed E-state index contributed by atoms with van der Waals surface area (Å²) in [7, 11) is 0. The lowest BCUT2D eigenvalue weighted by molar-refractivity contribution is 1.17. The molecule has 22 heavy (non-hydrogen) atoms. The van der Waals surface area contributed by atoms with Crippen LogP contribution in [0.4, 0.5) is 23.0 Å². The second kappa shape index (κ2) is 6.58. The Morgan fingerprint density at radius 1 is 0.818 bits per heavy atom. The Bertz CT molecular complexity index is 775. The van der Waals surface area contributed by atoms with Crippen LogP contribution in [-0.4, -0.2) is 9.97 Å². The molecule has 0 unspecified atom stereocenters. The van der Waals surface area contributed by atoms with Crippen LogP contribution in [0.1, 0.15) is 5.56 Å². The van der Waals surface area contributed by atoms with E-state index in [1.165, 1.54) is 5.56 Å². The average Bonchev–Trinajstić information content (AvgIpc) is 2.52. The highest BCUT2D eigenvalue weighted by atomic mass is 79.9. The lowest BCUT2D eigenvalue weighted by atomic mass is 10.2. The largest absolute Gasteiger partial charge is 0.340 e. The van der Waals surface area contributed by atoms with Gasteiger partial charge in [0.2, 0.25) is 0 Å². The lowest BCUT2D eigenvalue weighted by Gasteiger charge is -2.09. The fraction of sp³-hybridized carbons (Fsp3) is 0.0588. The minimum Gasteiger partial charge on any atom is -0.340 e. The Hall–Kier alpha value is -2.40. The van der Waals surface area contributed by atoms with Gasteiger partial charge < -0.3 is 10.6 Å². The molecule has 4 nitrogen and oxygen atoms in total. The molecule has 0 aliphatic carbocycles. The Labute approximate surface area is 137 Å². The molecule has 3 aromatic rings. The van der Waals surface area contributed by atoms with Crippen LogP contribution in [0, 0.1) is 6.92 Å². The van der Waals surface area contributed by atoms with E-state index in [2.05, 4.69) is 49.5 Å². The van der Waals surface area contributed by atoms with Gasteiger partial charge >= 0.3 is 0 Å². The Balaban J connectivity index is 1.77. The number of aromatic nitrogens is 2. The number of aryl methyl sites for hydroxylation is 1. The number of para-hydroxylation sites is 1. The third kappa shape index (κ3) is 3.62. The zero-order valence-corrected chi connectivity index (χ0v) is 13.6. The van der Waals surface area contributed by atoms with Crippen molar-refractivity contribution in [1.82, 2.24) is 9.97 Å². The molecular formula is C17H15BrN4. The molecule has 5 heteroatoms. The van der Waals surface area contributed by atoms with Gasteiger partial charge in [-0.3, -0.25) is 0 Å². The van der Waals surface area contributed by atoms with E-state index in [1.54, 1.807) is 6.33 Å². The van der Waals surface area contributed by atoms with Crippen molar-refractivity contribution in [3.63, 3.8) is 0 Å². The third-order valence-corrected chi connectivity index (χ3v) is 4.03. The summed E-state index contributed by atoms with van der Waals surface area (Å²) >= 11 is 3.50. The highest BCUT2D eigenvalue weighted by Gasteiger charge is 2.02. The molecule has 3 rings (SSSR count). The number of anilines is 4. The molecule has 0 fully saturated rings. The first-order chi connectivity index (χ1) is 10.7. The van der Waals surface area contributed by atoms with Crippen LogP contribution < -0.4 is 10.6 Å². The van der Waals surface area contributed by atoms with Gasteiger partial charge in [-0.15, -0.1) is 0 Å². The molecule has 2 aromatic carbocycles. The quantitative estimate of drug-likeness (QED) is 0.689. The van der Waals surface area contributed by atoms with Crippen LogP contribution in [0.2, 0.25) is 0 Å². The Morgan fingerprint density at radius 3 is 2.18 bits per heavy atom. The normalized spacial score (nSPS) is 10.3. The van der Waals surface area contributed by atoms with Crippen molar-refractivity contribution in [3.8, 4) is 0 Å². The molecule has 1 heterocycles. The lowest BCUT2D eigenvalue weighted by Crippen LogP contribution is -1.98. The van der Waals surface area contributed by atoms with Crippen molar-refractivity contribution < 1.29 is 0 Å². The Kier molecular flexibility index (Phi) is 4.34. The molecule has 1 aromatic heterocycles. The van der Waals surface area contributed by atoms with E-state index in [0.29, 0.717) is 0 Å². The second-order valence-electron chi connectivity index (χ2n) is 4.87. The van der Waals surface area contributed by atoms with Gasteiger partial charge in [0, 0.05) is 21.9 Å². The summed E-state index contributed by atoms with van der Waals surface area (Å²) in [5, 5.41) is 6.54. The van der Waals surface area contributed by atoms with Gasteiger partial charge in [0.1, 0.15) is 18.0 Å². The van der Waals surface area contributed by atoms with E-state index in [9.17, 15) is 0 Å². The number of benzene rings is 2. The predicted molar refractivity (Wildman–Crippen MR) is 93.9 cm³/mol. The van der Waals surface area contributed by atoms with E-state index >= 15 is 0 Å². The maximum absolute atomic E-state index is 4.25. The van der Waals surface area contributed by atoms with Crippen LogP contribution in [0.15, 0.2) is 65.4 Å². The summed E-state index contributed by atoms with van der Waals surface area (Å²) in [6, 6.07) is 17.9. The number of hydrogen-bond acceptors (Lipinski definition) is 4. The summed E-state index contributed by atoms with van der Waals surface area (Å²) in [5.41, 5.74) is 3.15. The number of nitrogens with one attached hydrogen (secondary N) is 2. The summed E-state index contributed by atoms with van der Waals surface area (Å²) in [6.07, 6.45) is 1.54. The standard InChI is InChI=1S/C17H15BrN4/c1-12-9-14(7-8-15(12)18)22-17-10-16(19-11-20-17)21-13-5-3-2-4-6-13/h2-11H,1H3,(H2,19,20,21,22). The summed E-state index contributed by atoms with van der Waals surface area (Å²) in [6.45, 7) is 2.05. The molecule has 0 aliphatic heterocycles. The number of hydrogen-bond donors (Lipinski definition) is 2. The smallest absolute Gasteiger partial charge is 0.135 e. The molecule has 0 amide bonds. The number of rotatable bonds is 4. The van der Waals surface area contributed by atoms with E-state index < -0.39 is 0 Å². The molecule has 0 aliphatic rings. The van der Waals surface area contributed by atoms with E-state index in [1.807, 2.05) is 48.5 Å². The monoisotopic (exact) mass is 354 g/mol. The van der Waals surface area contributed by atoms with Gasteiger partial charge in [-0.2, -0.15) is 0 Å². The molecule has 110 valence electrons. The summed E-state index contributed by atoms with van der Waals surface area (Å²) in [4.78, 5) is 8.49. The van der Waals surface area contributed by atoms with Crippen LogP contribution in [0.5, 0.6) is 0 Å². The SMILES string of the molecule is Cc1cc(Nc2cc(Nc3ccccc3)ncn2)ccc1Br. The highest BCUT2D eigenvalue weighted by Crippen LogP contribution is 2.23. The fourth-order valence-electron chi connectivity index (χ4n) is 2.03. The zero-order valence-electron chi connectivity index (χ0n) is 12.0. The third-order valence-electron chi connectivity index (χ3n) is 3.14.